The zero-order valence-electron chi connectivity index (χ0n) is 11.4. The zero-order chi connectivity index (χ0) is 13.4. The van der Waals surface area contributed by atoms with Gasteiger partial charge in [-0.1, -0.05) is 19.9 Å². The van der Waals surface area contributed by atoms with Crippen LogP contribution in [0.5, 0.6) is 0 Å². The number of aromatic nitrogens is 1. The van der Waals surface area contributed by atoms with Crippen molar-refractivity contribution < 1.29 is 4.79 Å². The lowest BCUT2D eigenvalue weighted by Crippen LogP contribution is -2.39. The molecule has 0 aliphatic heterocycles. The third-order valence-electron chi connectivity index (χ3n) is 2.97. The summed E-state index contributed by atoms with van der Waals surface area (Å²) in [5.41, 5.74) is 1.01. The maximum absolute atomic E-state index is 12.0. The predicted molar refractivity (Wildman–Crippen MR) is 73.2 cm³/mol. The Hall–Kier alpha value is -1.42. The van der Waals surface area contributed by atoms with Crippen LogP contribution in [0, 0.1) is 11.8 Å². The minimum absolute atomic E-state index is 0.0266. The molecule has 1 rings (SSSR count). The molecule has 0 fully saturated rings. The Balaban J connectivity index is 2.36. The summed E-state index contributed by atoms with van der Waals surface area (Å²) >= 11 is 0. The number of nitrogens with one attached hydrogen (secondary N) is 2. The summed E-state index contributed by atoms with van der Waals surface area (Å²) in [4.78, 5) is 16.2. The van der Waals surface area contributed by atoms with E-state index >= 15 is 0 Å². The molecule has 100 valence electrons. The molecule has 0 aromatic carbocycles. The van der Waals surface area contributed by atoms with Crippen molar-refractivity contribution in [3.63, 3.8) is 0 Å². The van der Waals surface area contributed by atoms with Gasteiger partial charge in [-0.3, -0.25) is 9.78 Å². The molecule has 0 spiro atoms. The van der Waals surface area contributed by atoms with E-state index in [0.29, 0.717) is 19.0 Å². The minimum Gasteiger partial charge on any atom is -0.355 e. The van der Waals surface area contributed by atoms with Crippen molar-refractivity contribution >= 4 is 5.91 Å². The first kappa shape index (κ1) is 14.6. The lowest BCUT2D eigenvalue weighted by molar-refractivity contribution is -0.126. The average molecular weight is 249 g/mol. The quantitative estimate of drug-likeness (QED) is 0.764. The largest absolute Gasteiger partial charge is 0.355 e. The van der Waals surface area contributed by atoms with E-state index in [1.165, 1.54) is 0 Å². The van der Waals surface area contributed by atoms with Crippen LogP contribution >= 0.6 is 0 Å². The molecular formula is C14H23N3O. The third-order valence-corrected chi connectivity index (χ3v) is 2.97. The van der Waals surface area contributed by atoms with Gasteiger partial charge in [-0.2, -0.15) is 0 Å². The summed E-state index contributed by atoms with van der Waals surface area (Å²) in [5, 5.41) is 6.04. The number of carbonyl (C=O) groups is 1. The lowest BCUT2D eigenvalue weighted by Gasteiger charge is -2.19. The van der Waals surface area contributed by atoms with Crippen LogP contribution in [0.1, 0.15) is 19.5 Å². The molecular weight excluding hydrogens is 226 g/mol. The molecule has 0 saturated heterocycles. The first-order valence-corrected chi connectivity index (χ1v) is 6.47. The molecule has 0 saturated carbocycles. The molecule has 2 N–H and O–H groups in total. The van der Waals surface area contributed by atoms with Gasteiger partial charge in [0.2, 0.25) is 5.91 Å². The fourth-order valence-corrected chi connectivity index (χ4v) is 1.84. The Morgan fingerprint density at radius 2 is 2.17 bits per heavy atom. The Bertz CT molecular complexity index is 351. The van der Waals surface area contributed by atoms with Gasteiger partial charge in [0.15, 0.2) is 0 Å². The Morgan fingerprint density at radius 1 is 1.39 bits per heavy atom. The lowest BCUT2D eigenvalue weighted by atomic mass is 9.95. The van der Waals surface area contributed by atoms with Crippen molar-refractivity contribution in [1.29, 1.82) is 0 Å². The predicted octanol–water partition coefficient (Wildman–Crippen LogP) is 1.23. The number of rotatable bonds is 7. The highest BCUT2D eigenvalue weighted by atomic mass is 16.1. The minimum atomic E-state index is 0.0266. The van der Waals surface area contributed by atoms with Gasteiger partial charge < -0.3 is 10.6 Å². The maximum Gasteiger partial charge on any atom is 0.224 e. The molecule has 1 aromatic rings. The molecule has 4 heteroatoms. The molecule has 1 amide bonds. The van der Waals surface area contributed by atoms with Crippen molar-refractivity contribution in [2.45, 2.75) is 20.3 Å². The van der Waals surface area contributed by atoms with Gasteiger partial charge in [0.05, 0.1) is 5.92 Å². The topological polar surface area (TPSA) is 54.0 Å². The Kier molecular flexibility index (Phi) is 6.36. The van der Waals surface area contributed by atoms with E-state index < -0.39 is 0 Å². The van der Waals surface area contributed by atoms with E-state index in [1.54, 1.807) is 6.20 Å². The smallest absolute Gasteiger partial charge is 0.224 e. The molecule has 0 aliphatic rings. The van der Waals surface area contributed by atoms with Gasteiger partial charge in [0, 0.05) is 31.4 Å². The van der Waals surface area contributed by atoms with Gasteiger partial charge in [0.25, 0.3) is 0 Å². The Morgan fingerprint density at radius 3 is 2.72 bits per heavy atom. The molecule has 1 heterocycles. The molecule has 0 radical (unpaired) electrons. The molecule has 0 bridgehead atoms. The molecule has 4 nitrogen and oxygen atoms in total. The number of hydrogen-bond donors (Lipinski definition) is 2. The normalized spacial score (nSPS) is 12.4. The molecule has 1 atom stereocenters. The average Bonchev–Trinajstić information content (AvgIpc) is 2.36. The van der Waals surface area contributed by atoms with Gasteiger partial charge in [-0.25, -0.2) is 0 Å². The van der Waals surface area contributed by atoms with Crippen molar-refractivity contribution in [2.75, 3.05) is 20.1 Å². The second-order valence-corrected chi connectivity index (χ2v) is 4.77. The summed E-state index contributed by atoms with van der Waals surface area (Å²) < 4.78 is 0. The standard InChI is InChI=1S/C14H23N3O/c1-11(2)13(10-15-3)14(18)17-9-7-12-6-4-5-8-16-12/h4-6,8,11,13,15H,7,9-10H2,1-3H3,(H,17,18). The second-order valence-electron chi connectivity index (χ2n) is 4.77. The fourth-order valence-electron chi connectivity index (χ4n) is 1.84. The van der Waals surface area contributed by atoms with Crippen molar-refractivity contribution in [3.05, 3.63) is 30.1 Å². The molecule has 1 aromatic heterocycles. The van der Waals surface area contributed by atoms with Gasteiger partial charge in [0.1, 0.15) is 0 Å². The number of carbonyl (C=O) groups excluding carboxylic acids is 1. The zero-order valence-corrected chi connectivity index (χ0v) is 11.4. The first-order valence-electron chi connectivity index (χ1n) is 6.47. The van der Waals surface area contributed by atoms with E-state index in [4.69, 9.17) is 0 Å². The summed E-state index contributed by atoms with van der Waals surface area (Å²) in [6, 6.07) is 5.82. The van der Waals surface area contributed by atoms with E-state index in [-0.39, 0.29) is 11.8 Å². The highest BCUT2D eigenvalue weighted by Gasteiger charge is 2.20. The van der Waals surface area contributed by atoms with Crippen LogP contribution in [-0.4, -0.2) is 31.0 Å². The molecule has 18 heavy (non-hydrogen) atoms. The number of pyridine rings is 1. The second kappa shape index (κ2) is 7.82. The van der Waals surface area contributed by atoms with Crippen molar-refractivity contribution in [2.24, 2.45) is 11.8 Å². The van der Waals surface area contributed by atoms with E-state index in [9.17, 15) is 4.79 Å². The van der Waals surface area contributed by atoms with Gasteiger partial charge >= 0.3 is 0 Å². The molecule has 0 aliphatic carbocycles. The van der Waals surface area contributed by atoms with Crippen LogP contribution in [-0.2, 0) is 11.2 Å². The van der Waals surface area contributed by atoms with E-state index in [1.807, 2.05) is 25.2 Å². The van der Waals surface area contributed by atoms with Crippen LogP contribution < -0.4 is 10.6 Å². The summed E-state index contributed by atoms with van der Waals surface area (Å²) in [7, 11) is 1.87. The monoisotopic (exact) mass is 249 g/mol. The fraction of sp³-hybridized carbons (Fsp3) is 0.571. The number of amides is 1. The van der Waals surface area contributed by atoms with Crippen LogP contribution in [0.3, 0.4) is 0 Å². The van der Waals surface area contributed by atoms with E-state index in [2.05, 4.69) is 29.5 Å². The number of nitrogens with zero attached hydrogens (tertiary/aromatic N) is 1. The van der Waals surface area contributed by atoms with E-state index in [0.717, 1.165) is 12.1 Å². The van der Waals surface area contributed by atoms with Gasteiger partial charge in [-0.05, 0) is 25.1 Å². The van der Waals surface area contributed by atoms with Crippen LogP contribution in [0.25, 0.3) is 0 Å². The third kappa shape index (κ3) is 4.84. The number of hydrogen-bond acceptors (Lipinski definition) is 3. The van der Waals surface area contributed by atoms with Crippen molar-refractivity contribution in [3.8, 4) is 0 Å². The summed E-state index contributed by atoms with van der Waals surface area (Å²) in [6.07, 6.45) is 2.55. The highest BCUT2D eigenvalue weighted by molar-refractivity contribution is 5.79. The Labute approximate surface area is 109 Å². The van der Waals surface area contributed by atoms with Crippen LogP contribution in [0.4, 0.5) is 0 Å². The van der Waals surface area contributed by atoms with Crippen LogP contribution in [0.15, 0.2) is 24.4 Å². The maximum atomic E-state index is 12.0. The summed E-state index contributed by atoms with van der Waals surface area (Å²) in [6.45, 7) is 5.50. The van der Waals surface area contributed by atoms with Crippen molar-refractivity contribution in [1.82, 2.24) is 15.6 Å². The van der Waals surface area contributed by atoms with Gasteiger partial charge in [-0.15, -0.1) is 0 Å². The molecule has 1 unspecified atom stereocenters. The SMILES string of the molecule is CNCC(C(=O)NCCc1ccccn1)C(C)C. The first-order chi connectivity index (χ1) is 8.65. The van der Waals surface area contributed by atoms with Crippen LogP contribution in [0.2, 0.25) is 0 Å². The highest BCUT2D eigenvalue weighted by Crippen LogP contribution is 2.09. The summed E-state index contributed by atoms with van der Waals surface area (Å²) in [5.74, 6) is 0.487.